The number of rotatable bonds is 2. The molecule has 0 radical (unpaired) electrons. The van der Waals surface area contributed by atoms with Crippen LogP contribution in [0.15, 0.2) is 32.5 Å². The highest BCUT2D eigenvalue weighted by Crippen LogP contribution is 2.14. The Kier molecular flexibility index (Phi) is 1.79. The van der Waals surface area contributed by atoms with Gasteiger partial charge >= 0.3 is 5.76 Å². The van der Waals surface area contributed by atoms with Crippen molar-refractivity contribution in [3.8, 4) is 0 Å². The van der Waals surface area contributed by atoms with E-state index >= 15 is 0 Å². The van der Waals surface area contributed by atoms with E-state index in [4.69, 9.17) is 0 Å². The largest absolute Gasteiger partial charge is 0.417 e. The average molecular weight is 143 g/mol. The van der Waals surface area contributed by atoms with Gasteiger partial charge in [-0.15, -0.1) is 0 Å². The van der Waals surface area contributed by atoms with E-state index in [1.165, 1.54) is 18.0 Å². The Balaban J connectivity index is 2.84. The Morgan fingerprint density at radius 3 is 3.11 bits per heavy atom. The van der Waals surface area contributed by atoms with E-state index in [0.29, 0.717) is 5.09 Å². The van der Waals surface area contributed by atoms with Gasteiger partial charge in [0.1, 0.15) is 0 Å². The third-order valence-corrected chi connectivity index (χ3v) is 1.30. The van der Waals surface area contributed by atoms with Gasteiger partial charge in [0.25, 0.3) is 0 Å². The van der Waals surface area contributed by atoms with Crippen LogP contribution in [-0.4, -0.2) is 4.98 Å². The summed E-state index contributed by atoms with van der Waals surface area (Å²) in [6.45, 7) is 3.45. The molecule has 0 fully saturated rings. The molecule has 0 aliphatic heterocycles. The molecule has 0 aliphatic carbocycles. The first-order valence-electron chi connectivity index (χ1n) is 2.29. The molecule has 0 saturated heterocycles. The van der Waals surface area contributed by atoms with Crippen molar-refractivity contribution in [2.45, 2.75) is 5.09 Å². The molecule has 4 heteroatoms. The lowest BCUT2D eigenvalue weighted by atomic mass is 11.0. The fourth-order valence-corrected chi connectivity index (χ4v) is 0.823. The maximum absolute atomic E-state index is 10.3. The van der Waals surface area contributed by atoms with Gasteiger partial charge in [-0.1, -0.05) is 18.3 Å². The summed E-state index contributed by atoms with van der Waals surface area (Å²) in [4.78, 5) is 12.7. The Labute approximate surface area is 55.8 Å². The minimum Gasteiger partial charge on any atom is -0.401 e. The molecule has 1 aromatic heterocycles. The second kappa shape index (κ2) is 2.59. The van der Waals surface area contributed by atoms with Crippen LogP contribution in [0.1, 0.15) is 0 Å². The number of hydrogen-bond acceptors (Lipinski definition) is 3. The number of aromatic nitrogens is 1. The van der Waals surface area contributed by atoms with Crippen molar-refractivity contribution < 1.29 is 4.42 Å². The highest BCUT2D eigenvalue weighted by atomic mass is 32.2. The summed E-state index contributed by atoms with van der Waals surface area (Å²) in [6.07, 6.45) is 1.49. The van der Waals surface area contributed by atoms with Crippen LogP contribution in [0.4, 0.5) is 0 Å². The maximum atomic E-state index is 10.3. The normalized spacial score (nSPS) is 9.33. The molecule has 0 aliphatic rings. The Hall–Kier alpha value is -0.900. The van der Waals surface area contributed by atoms with E-state index in [1.54, 1.807) is 5.41 Å². The van der Waals surface area contributed by atoms with Crippen LogP contribution in [0.2, 0.25) is 0 Å². The van der Waals surface area contributed by atoms with E-state index in [1.807, 2.05) is 0 Å². The predicted molar refractivity (Wildman–Crippen MR) is 35.4 cm³/mol. The standard InChI is InChI=1S/C5H5NO2S/c1-2-9-4-3-6-5(7)8-4/h2-3H,1H2,(H,6,7). The van der Waals surface area contributed by atoms with Gasteiger partial charge < -0.3 is 4.42 Å². The zero-order chi connectivity index (χ0) is 6.69. The van der Waals surface area contributed by atoms with E-state index in [0.717, 1.165) is 0 Å². The van der Waals surface area contributed by atoms with Crippen molar-refractivity contribution in [1.82, 2.24) is 4.98 Å². The van der Waals surface area contributed by atoms with Crippen LogP contribution >= 0.6 is 11.8 Å². The fourth-order valence-electron chi connectivity index (χ4n) is 0.408. The summed E-state index contributed by atoms with van der Waals surface area (Å²) in [6, 6.07) is 0. The van der Waals surface area contributed by atoms with Crippen molar-refractivity contribution in [1.29, 1.82) is 0 Å². The molecule has 0 aromatic carbocycles. The molecule has 0 saturated carbocycles. The average Bonchev–Trinajstić information content (AvgIpc) is 2.17. The summed E-state index contributed by atoms with van der Waals surface area (Å²) < 4.78 is 4.60. The van der Waals surface area contributed by atoms with Crippen molar-refractivity contribution in [2.75, 3.05) is 0 Å². The SMILES string of the molecule is C=CSc1c[nH]c(=O)o1. The fraction of sp³-hybridized carbons (Fsp3) is 0. The quantitative estimate of drug-likeness (QED) is 0.633. The smallest absolute Gasteiger partial charge is 0.401 e. The summed E-state index contributed by atoms with van der Waals surface area (Å²) in [7, 11) is 0. The number of aromatic amines is 1. The number of H-pyrrole nitrogens is 1. The van der Waals surface area contributed by atoms with E-state index in [-0.39, 0.29) is 0 Å². The zero-order valence-corrected chi connectivity index (χ0v) is 5.40. The monoisotopic (exact) mass is 143 g/mol. The van der Waals surface area contributed by atoms with Gasteiger partial charge in [-0.25, -0.2) is 4.79 Å². The van der Waals surface area contributed by atoms with Gasteiger partial charge in [0.2, 0.25) is 0 Å². The first-order valence-corrected chi connectivity index (χ1v) is 3.17. The lowest BCUT2D eigenvalue weighted by Gasteiger charge is -1.79. The van der Waals surface area contributed by atoms with Crippen LogP contribution in [0.25, 0.3) is 0 Å². The molecular formula is C5H5NO2S. The van der Waals surface area contributed by atoms with Gasteiger partial charge in [-0.05, 0) is 5.41 Å². The Morgan fingerprint density at radius 1 is 1.89 bits per heavy atom. The molecule has 0 unspecified atom stereocenters. The Morgan fingerprint density at radius 2 is 2.67 bits per heavy atom. The molecule has 0 amide bonds. The molecule has 1 heterocycles. The first kappa shape index (κ1) is 6.22. The Bertz CT molecular complexity index is 249. The highest BCUT2D eigenvalue weighted by Gasteiger charge is 1.93. The van der Waals surface area contributed by atoms with Gasteiger partial charge in [-0.2, -0.15) is 0 Å². The molecule has 0 spiro atoms. The van der Waals surface area contributed by atoms with Crippen molar-refractivity contribution in [3.05, 3.63) is 28.7 Å². The molecule has 3 nitrogen and oxygen atoms in total. The van der Waals surface area contributed by atoms with Gasteiger partial charge in [0.15, 0.2) is 5.09 Å². The lowest BCUT2D eigenvalue weighted by Crippen LogP contribution is -1.92. The molecule has 9 heavy (non-hydrogen) atoms. The number of thioether (sulfide) groups is 1. The van der Waals surface area contributed by atoms with Crippen LogP contribution in [0.5, 0.6) is 0 Å². The highest BCUT2D eigenvalue weighted by molar-refractivity contribution is 8.02. The first-order chi connectivity index (χ1) is 4.33. The number of nitrogens with one attached hydrogen (secondary N) is 1. The number of hydrogen-bond donors (Lipinski definition) is 1. The molecular weight excluding hydrogens is 138 g/mol. The van der Waals surface area contributed by atoms with Crippen LogP contribution in [0, 0.1) is 0 Å². The van der Waals surface area contributed by atoms with Crippen LogP contribution < -0.4 is 5.76 Å². The van der Waals surface area contributed by atoms with Gasteiger partial charge in [0.05, 0.1) is 6.20 Å². The minimum absolute atomic E-state index is 0.431. The van der Waals surface area contributed by atoms with E-state index < -0.39 is 5.76 Å². The molecule has 1 N–H and O–H groups in total. The molecule has 0 bridgehead atoms. The van der Waals surface area contributed by atoms with E-state index in [9.17, 15) is 4.79 Å². The summed E-state index contributed by atoms with van der Waals surface area (Å²) >= 11 is 1.26. The van der Waals surface area contributed by atoms with Gasteiger partial charge in [0, 0.05) is 0 Å². The summed E-state index contributed by atoms with van der Waals surface area (Å²) in [5.74, 6) is -0.431. The second-order valence-electron chi connectivity index (χ2n) is 1.28. The third kappa shape index (κ3) is 1.50. The van der Waals surface area contributed by atoms with Crippen molar-refractivity contribution in [3.63, 3.8) is 0 Å². The molecule has 1 aromatic rings. The van der Waals surface area contributed by atoms with Crippen LogP contribution in [0.3, 0.4) is 0 Å². The summed E-state index contributed by atoms with van der Waals surface area (Å²) in [5.41, 5.74) is 0. The van der Waals surface area contributed by atoms with Crippen LogP contribution in [-0.2, 0) is 0 Å². The van der Waals surface area contributed by atoms with E-state index in [2.05, 4.69) is 16.0 Å². The van der Waals surface area contributed by atoms with Crippen molar-refractivity contribution in [2.24, 2.45) is 0 Å². The minimum atomic E-state index is -0.431. The molecule has 48 valence electrons. The van der Waals surface area contributed by atoms with Gasteiger partial charge in [-0.3, -0.25) is 4.98 Å². The maximum Gasteiger partial charge on any atom is 0.417 e. The zero-order valence-electron chi connectivity index (χ0n) is 4.59. The molecule has 0 atom stereocenters. The molecule has 1 rings (SSSR count). The summed E-state index contributed by atoms with van der Waals surface area (Å²) in [5, 5.41) is 2.13. The topological polar surface area (TPSA) is 46.0 Å². The van der Waals surface area contributed by atoms with Crippen molar-refractivity contribution >= 4 is 11.8 Å². The third-order valence-electron chi connectivity index (χ3n) is 0.701. The second-order valence-corrected chi connectivity index (χ2v) is 2.25. The predicted octanol–water partition coefficient (Wildman–Crippen LogP) is 1.20. The lowest BCUT2D eigenvalue weighted by molar-refractivity contribution is 0.436. The number of oxazole rings is 1.